The summed E-state index contributed by atoms with van der Waals surface area (Å²) in [6.45, 7) is 0. The number of nitrogens with zero attached hydrogens (tertiary/aromatic N) is 3. The van der Waals surface area contributed by atoms with Crippen LogP contribution in [0.1, 0.15) is 62.5 Å². The first-order valence-corrected chi connectivity index (χ1v) is 13.1. The first kappa shape index (κ1) is 22.1. The number of amides is 1. The molecule has 0 bridgehead atoms. The SMILES string of the molecule is O=C(CSc1nc2scc(C3CC3)c2c(=O)n1C1CCCCC1)Nc1ccccc1[N+](=O)[O-]. The Kier molecular flexibility index (Phi) is 6.20. The van der Waals surface area contributed by atoms with Crippen molar-refractivity contribution < 1.29 is 9.72 Å². The lowest BCUT2D eigenvalue weighted by atomic mass is 9.95. The summed E-state index contributed by atoms with van der Waals surface area (Å²) in [6.07, 6.45) is 7.45. The fraction of sp³-hybridized carbons (Fsp3) is 0.435. The number of fused-ring (bicyclic) bond motifs is 1. The molecule has 33 heavy (non-hydrogen) atoms. The number of nitro groups is 1. The van der Waals surface area contributed by atoms with Crippen LogP contribution < -0.4 is 10.9 Å². The molecule has 2 saturated carbocycles. The third-order valence-corrected chi connectivity index (χ3v) is 8.14. The second-order valence-electron chi connectivity index (χ2n) is 8.62. The number of para-hydroxylation sites is 2. The molecular weight excluding hydrogens is 460 g/mol. The standard InChI is InChI=1S/C23H24N4O4S2/c28-19(24-17-8-4-5-9-18(17)27(30)31)13-33-23-25-21-20(16(12-32-21)14-10-11-14)22(29)26(23)15-6-2-1-3-7-15/h4-5,8-9,12,14-15H,1-3,6-7,10-11,13H2,(H,24,28). The van der Waals surface area contributed by atoms with E-state index < -0.39 is 4.92 Å². The van der Waals surface area contributed by atoms with Crippen LogP contribution in [0.15, 0.2) is 39.6 Å². The van der Waals surface area contributed by atoms with Crippen molar-refractivity contribution in [2.75, 3.05) is 11.1 Å². The Morgan fingerprint density at radius 1 is 1.21 bits per heavy atom. The molecule has 8 nitrogen and oxygen atoms in total. The highest BCUT2D eigenvalue weighted by molar-refractivity contribution is 7.99. The monoisotopic (exact) mass is 484 g/mol. The lowest BCUT2D eigenvalue weighted by Gasteiger charge is -2.26. The van der Waals surface area contributed by atoms with Gasteiger partial charge in [-0.1, -0.05) is 43.2 Å². The number of carbonyl (C=O) groups is 1. The van der Waals surface area contributed by atoms with Gasteiger partial charge in [0.15, 0.2) is 5.16 Å². The van der Waals surface area contributed by atoms with Crippen LogP contribution in [-0.4, -0.2) is 26.1 Å². The van der Waals surface area contributed by atoms with Crippen LogP contribution >= 0.6 is 23.1 Å². The average Bonchev–Trinajstić information content (AvgIpc) is 3.57. The summed E-state index contributed by atoms with van der Waals surface area (Å²) in [6, 6.07) is 6.15. The van der Waals surface area contributed by atoms with E-state index in [1.54, 1.807) is 12.1 Å². The molecule has 10 heteroatoms. The van der Waals surface area contributed by atoms with Gasteiger partial charge < -0.3 is 5.32 Å². The number of thioether (sulfide) groups is 1. The molecule has 2 aliphatic carbocycles. The van der Waals surface area contributed by atoms with Gasteiger partial charge in [0.1, 0.15) is 10.5 Å². The highest BCUT2D eigenvalue weighted by Gasteiger charge is 2.30. The summed E-state index contributed by atoms with van der Waals surface area (Å²) in [4.78, 5) is 42.5. The van der Waals surface area contributed by atoms with Gasteiger partial charge in [0.25, 0.3) is 11.2 Å². The number of hydrogen-bond acceptors (Lipinski definition) is 7. The van der Waals surface area contributed by atoms with E-state index in [0.717, 1.165) is 54.3 Å². The fourth-order valence-corrected chi connectivity index (χ4v) is 6.45. The minimum atomic E-state index is -0.521. The van der Waals surface area contributed by atoms with Crippen LogP contribution in [0.4, 0.5) is 11.4 Å². The average molecular weight is 485 g/mol. The minimum Gasteiger partial charge on any atom is -0.320 e. The summed E-state index contributed by atoms with van der Waals surface area (Å²) in [5.74, 6) is 0.111. The number of nitrogens with one attached hydrogen (secondary N) is 1. The predicted molar refractivity (Wildman–Crippen MR) is 130 cm³/mol. The van der Waals surface area contributed by atoms with E-state index in [1.165, 1.54) is 41.7 Å². The first-order chi connectivity index (χ1) is 16.0. The molecule has 3 aromatic rings. The molecular formula is C23H24N4O4S2. The van der Waals surface area contributed by atoms with Crippen molar-refractivity contribution in [3.63, 3.8) is 0 Å². The number of aromatic nitrogens is 2. The lowest BCUT2D eigenvalue weighted by Crippen LogP contribution is -2.29. The fourth-order valence-electron chi connectivity index (χ4n) is 4.52. The van der Waals surface area contributed by atoms with Crippen LogP contribution in [0.3, 0.4) is 0 Å². The van der Waals surface area contributed by atoms with E-state index in [-0.39, 0.29) is 34.6 Å². The first-order valence-electron chi connectivity index (χ1n) is 11.2. The molecule has 0 unspecified atom stereocenters. The Morgan fingerprint density at radius 2 is 1.97 bits per heavy atom. The molecule has 1 aromatic carbocycles. The zero-order valence-corrected chi connectivity index (χ0v) is 19.6. The van der Waals surface area contributed by atoms with Gasteiger partial charge >= 0.3 is 0 Å². The van der Waals surface area contributed by atoms with Crippen LogP contribution in [0.5, 0.6) is 0 Å². The predicted octanol–water partition coefficient (Wildman–Crippen LogP) is 5.48. The van der Waals surface area contributed by atoms with Gasteiger partial charge in [-0.2, -0.15) is 0 Å². The van der Waals surface area contributed by atoms with Crippen molar-refractivity contribution in [1.82, 2.24) is 9.55 Å². The smallest absolute Gasteiger partial charge is 0.292 e. The Hall–Kier alpha value is -2.72. The number of thiophene rings is 1. The maximum absolute atomic E-state index is 13.7. The zero-order chi connectivity index (χ0) is 22.9. The molecule has 0 radical (unpaired) electrons. The Balaban J connectivity index is 1.43. The Bertz CT molecular complexity index is 1280. The van der Waals surface area contributed by atoms with Gasteiger partial charge in [-0.05, 0) is 48.6 Å². The molecule has 2 heterocycles. The van der Waals surface area contributed by atoms with Crippen LogP contribution in [0.2, 0.25) is 0 Å². The summed E-state index contributed by atoms with van der Waals surface area (Å²) in [5, 5.41) is 17.2. The van der Waals surface area contributed by atoms with Crippen molar-refractivity contribution in [3.05, 3.63) is 55.7 Å². The third-order valence-electron chi connectivity index (χ3n) is 6.30. The molecule has 5 rings (SSSR count). The molecule has 1 N–H and O–H groups in total. The van der Waals surface area contributed by atoms with Gasteiger partial charge in [-0.3, -0.25) is 24.3 Å². The van der Waals surface area contributed by atoms with Crippen LogP contribution in [-0.2, 0) is 4.79 Å². The Morgan fingerprint density at radius 3 is 2.70 bits per heavy atom. The van der Waals surface area contributed by atoms with Crippen molar-refractivity contribution in [3.8, 4) is 0 Å². The Labute approximate surface area is 198 Å². The molecule has 2 aliphatic rings. The molecule has 2 aromatic heterocycles. The molecule has 2 fully saturated rings. The second kappa shape index (κ2) is 9.26. The third kappa shape index (κ3) is 4.54. The topological polar surface area (TPSA) is 107 Å². The number of anilines is 1. The number of rotatable bonds is 7. The van der Waals surface area contributed by atoms with E-state index >= 15 is 0 Å². The quantitative estimate of drug-likeness (QED) is 0.206. The van der Waals surface area contributed by atoms with E-state index in [4.69, 9.17) is 4.98 Å². The highest BCUT2D eigenvalue weighted by atomic mass is 32.2. The van der Waals surface area contributed by atoms with Gasteiger partial charge in [-0.25, -0.2) is 4.98 Å². The summed E-state index contributed by atoms with van der Waals surface area (Å²) < 4.78 is 1.82. The minimum absolute atomic E-state index is 0.0108. The van der Waals surface area contributed by atoms with Gasteiger partial charge in [0.2, 0.25) is 5.91 Å². The van der Waals surface area contributed by atoms with Crippen molar-refractivity contribution >= 4 is 50.6 Å². The number of hydrogen-bond donors (Lipinski definition) is 1. The number of carbonyl (C=O) groups excluding carboxylic acids is 1. The van der Waals surface area contributed by atoms with E-state index in [2.05, 4.69) is 10.7 Å². The van der Waals surface area contributed by atoms with Gasteiger partial charge in [-0.15, -0.1) is 11.3 Å². The summed E-state index contributed by atoms with van der Waals surface area (Å²) >= 11 is 2.72. The molecule has 0 spiro atoms. The van der Waals surface area contributed by atoms with Crippen LogP contribution in [0, 0.1) is 10.1 Å². The molecule has 172 valence electrons. The number of nitro benzene ring substituents is 1. The summed E-state index contributed by atoms with van der Waals surface area (Å²) in [5.41, 5.74) is 1.15. The van der Waals surface area contributed by atoms with E-state index in [0.29, 0.717) is 11.1 Å². The highest BCUT2D eigenvalue weighted by Crippen LogP contribution is 2.44. The second-order valence-corrected chi connectivity index (χ2v) is 10.4. The largest absolute Gasteiger partial charge is 0.320 e. The molecule has 0 aliphatic heterocycles. The van der Waals surface area contributed by atoms with Crippen LogP contribution in [0.25, 0.3) is 10.2 Å². The molecule has 1 amide bonds. The maximum atomic E-state index is 13.7. The van der Waals surface area contributed by atoms with Gasteiger partial charge in [0, 0.05) is 12.1 Å². The van der Waals surface area contributed by atoms with E-state index in [9.17, 15) is 19.7 Å². The molecule has 0 saturated heterocycles. The van der Waals surface area contributed by atoms with Crippen molar-refractivity contribution in [1.29, 1.82) is 0 Å². The van der Waals surface area contributed by atoms with Crippen molar-refractivity contribution in [2.24, 2.45) is 0 Å². The van der Waals surface area contributed by atoms with Gasteiger partial charge in [0.05, 0.1) is 16.1 Å². The van der Waals surface area contributed by atoms with E-state index in [1.807, 2.05) is 4.57 Å². The van der Waals surface area contributed by atoms with Crippen molar-refractivity contribution in [2.45, 2.75) is 62.1 Å². The zero-order valence-electron chi connectivity index (χ0n) is 18.0. The maximum Gasteiger partial charge on any atom is 0.292 e. The lowest BCUT2D eigenvalue weighted by molar-refractivity contribution is -0.383. The normalized spacial score (nSPS) is 16.7. The summed E-state index contributed by atoms with van der Waals surface area (Å²) in [7, 11) is 0. The molecule has 0 atom stereocenters. The number of benzene rings is 1.